The molecule has 0 saturated heterocycles. The Morgan fingerprint density at radius 2 is 2.00 bits per heavy atom. The minimum atomic E-state index is -0.383. The van der Waals surface area contributed by atoms with Gasteiger partial charge in [-0.15, -0.1) is 0 Å². The molecular weight excluding hydrogens is 114 g/mol. The van der Waals surface area contributed by atoms with E-state index in [9.17, 15) is 4.79 Å². The average Bonchev–Trinajstić information content (AvgIpc) is 1.64. The molecule has 2 heteroatoms. The summed E-state index contributed by atoms with van der Waals surface area (Å²) in [4.78, 5) is 10.8. The molecule has 0 spiro atoms. The van der Waals surface area contributed by atoms with Gasteiger partial charge >= 0.3 is 0 Å². The lowest BCUT2D eigenvalue weighted by Gasteiger charge is -2.13. The van der Waals surface area contributed by atoms with Crippen LogP contribution < -0.4 is 5.32 Å². The zero-order valence-corrected chi connectivity index (χ0v) is 5.99. The van der Waals surface area contributed by atoms with E-state index >= 15 is 0 Å². The van der Waals surface area contributed by atoms with Crippen LogP contribution in [0.1, 0.15) is 20.8 Å². The SMILES string of the molecule is C#CNC(=O)C(C)(C)C. The first-order valence-electron chi connectivity index (χ1n) is 2.74. The predicted molar refractivity (Wildman–Crippen MR) is 36.4 cm³/mol. The van der Waals surface area contributed by atoms with Crippen LogP contribution in [0.15, 0.2) is 0 Å². The number of rotatable bonds is 0. The topological polar surface area (TPSA) is 29.1 Å². The first-order chi connectivity index (χ1) is 3.98. The van der Waals surface area contributed by atoms with E-state index in [4.69, 9.17) is 6.42 Å². The van der Waals surface area contributed by atoms with Crippen molar-refractivity contribution in [2.75, 3.05) is 0 Å². The van der Waals surface area contributed by atoms with Gasteiger partial charge in [0.15, 0.2) is 0 Å². The summed E-state index contributed by atoms with van der Waals surface area (Å²) in [5.74, 6) is -0.120. The normalized spacial score (nSPS) is 10.0. The van der Waals surface area contributed by atoms with Crippen molar-refractivity contribution in [3.05, 3.63) is 0 Å². The molecule has 0 atom stereocenters. The van der Waals surface area contributed by atoms with Gasteiger partial charge in [-0.1, -0.05) is 27.2 Å². The highest BCUT2D eigenvalue weighted by Gasteiger charge is 2.19. The third kappa shape index (κ3) is 2.76. The standard InChI is InChI=1S/C7H11NO/c1-5-8-6(9)7(2,3)4/h1H,2-4H3,(H,8,9). The second-order valence-corrected chi connectivity index (χ2v) is 2.85. The lowest BCUT2D eigenvalue weighted by Crippen LogP contribution is -2.31. The molecular formula is C7H11NO. The maximum absolute atomic E-state index is 10.8. The molecule has 0 saturated carbocycles. The first kappa shape index (κ1) is 8.03. The van der Waals surface area contributed by atoms with Gasteiger partial charge in [0, 0.05) is 11.5 Å². The molecule has 1 N–H and O–H groups in total. The molecule has 0 aromatic carbocycles. The summed E-state index contributed by atoms with van der Waals surface area (Å²) in [6.45, 7) is 5.42. The van der Waals surface area contributed by atoms with Crippen LogP contribution in [-0.2, 0) is 4.79 Å². The molecule has 0 aliphatic carbocycles. The van der Waals surface area contributed by atoms with Gasteiger partial charge in [-0.25, -0.2) is 0 Å². The smallest absolute Gasteiger partial charge is 0.236 e. The molecule has 0 aliphatic rings. The summed E-state index contributed by atoms with van der Waals surface area (Å²) < 4.78 is 0. The van der Waals surface area contributed by atoms with Crippen molar-refractivity contribution in [1.29, 1.82) is 0 Å². The molecule has 1 amide bonds. The second kappa shape index (κ2) is 2.54. The molecule has 2 nitrogen and oxygen atoms in total. The van der Waals surface area contributed by atoms with E-state index < -0.39 is 0 Å². The van der Waals surface area contributed by atoms with Crippen LogP contribution in [0.4, 0.5) is 0 Å². The fourth-order valence-electron chi connectivity index (χ4n) is 0.253. The largest absolute Gasteiger partial charge is 0.285 e. The van der Waals surface area contributed by atoms with E-state index in [1.807, 2.05) is 0 Å². The van der Waals surface area contributed by atoms with Gasteiger partial charge in [0.2, 0.25) is 5.91 Å². The van der Waals surface area contributed by atoms with Crippen LogP contribution in [0.2, 0.25) is 0 Å². The zero-order chi connectivity index (χ0) is 7.49. The Hall–Kier alpha value is -0.970. The number of amides is 1. The Balaban J connectivity index is 3.93. The van der Waals surface area contributed by atoms with Gasteiger partial charge in [0.05, 0.1) is 0 Å². The molecule has 0 fully saturated rings. The molecule has 0 bridgehead atoms. The van der Waals surface area contributed by atoms with Gasteiger partial charge in [-0.2, -0.15) is 0 Å². The Labute approximate surface area is 55.6 Å². The Kier molecular flexibility index (Phi) is 2.27. The number of carbonyl (C=O) groups excluding carboxylic acids is 1. The minimum Gasteiger partial charge on any atom is -0.285 e. The van der Waals surface area contributed by atoms with Crippen molar-refractivity contribution < 1.29 is 4.79 Å². The summed E-state index contributed by atoms with van der Waals surface area (Å²) in [5.41, 5.74) is -0.383. The van der Waals surface area contributed by atoms with Crippen LogP contribution in [0, 0.1) is 17.9 Å². The zero-order valence-electron chi connectivity index (χ0n) is 5.99. The molecule has 50 valence electrons. The second-order valence-electron chi connectivity index (χ2n) is 2.85. The highest BCUT2D eigenvalue weighted by Crippen LogP contribution is 2.11. The molecule has 0 aromatic rings. The van der Waals surface area contributed by atoms with E-state index in [0.717, 1.165) is 0 Å². The van der Waals surface area contributed by atoms with Crippen LogP contribution in [0.5, 0.6) is 0 Å². The van der Waals surface area contributed by atoms with Crippen LogP contribution in [0.25, 0.3) is 0 Å². The molecule has 0 aromatic heterocycles. The molecule has 0 unspecified atom stereocenters. The predicted octanol–water partition coefficient (Wildman–Crippen LogP) is 0.739. The van der Waals surface area contributed by atoms with Gasteiger partial charge < -0.3 is 0 Å². The maximum atomic E-state index is 10.8. The number of nitrogens with one attached hydrogen (secondary N) is 1. The third-order valence-electron chi connectivity index (χ3n) is 0.867. The number of hydrogen-bond acceptors (Lipinski definition) is 1. The quantitative estimate of drug-likeness (QED) is 0.375. The summed E-state index contributed by atoms with van der Waals surface area (Å²) >= 11 is 0. The molecule has 0 radical (unpaired) electrons. The lowest BCUT2D eigenvalue weighted by atomic mass is 9.96. The lowest BCUT2D eigenvalue weighted by molar-refractivity contribution is -0.127. The third-order valence-corrected chi connectivity index (χ3v) is 0.867. The van der Waals surface area contributed by atoms with Crippen molar-refractivity contribution in [3.63, 3.8) is 0 Å². The minimum absolute atomic E-state index is 0.120. The highest BCUT2D eigenvalue weighted by molar-refractivity contribution is 5.82. The highest BCUT2D eigenvalue weighted by atomic mass is 16.2. The van der Waals surface area contributed by atoms with E-state index in [2.05, 4.69) is 11.4 Å². The van der Waals surface area contributed by atoms with Crippen molar-refractivity contribution >= 4 is 5.91 Å². The van der Waals surface area contributed by atoms with Gasteiger partial charge in [-0.05, 0) is 0 Å². The van der Waals surface area contributed by atoms with Crippen LogP contribution >= 0.6 is 0 Å². The van der Waals surface area contributed by atoms with Crippen LogP contribution in [0.3, 0.4) is 0 Å². The molecule has 0 heterocycles. The fraction of sp³-hybridized carbons (Fsp3) is 0.571. The summed E-state index contributed by atoms with van der Waals surface area (Å²) in [6, 6.07) is 2.07. The van der Waals surface area contributed by atoms with E-state index in [1.165, 1.54) is 0 Å². The molecule has 0 aliphatic heterocycles. The van der Waals surface area contributed by atoms with Crippen molar-refractivity contribution in [1.82, 2.24) is 5.32 Å². The molecule has 9 heavy (non-hydrogen) atoms. The number of terminal acetylenes is 1. The summed E-state index contributed by atoms with van der Waals surface area (Å²) in [6.07, 6.45) is 4.84. The number of carbonyl (C=O) groups is 1. The summed E-state index contributed by atoms with van der Waals surface area (Å²) in [5, 5.41) is 2.27. The van der Waals surface area contributed by atoms with E-state index in [0.29, 0.717) is 0 Å². The fourth-order valence-corrected chi connectivity index (χ4v) is 0.253. The molecule has 0 rings (SSSR count). The monoisotopic (exact) mass is 125 g/mol. The van der Waals surface area contributed by atoms with Crippen molar-refractivity contribution in [2.24, 2.45) is 5.41 Å². The maximum Gasteiger partial charge on any atom is 0.236 e. The summed E-state index contributed by atoms with van der Waals surface area (Å²) in [7, 11) is 0. The van der Waals surface area contributed by atoms with Gasteiger partial charge in [0.1, 0.15) is 0 Å². The number of hydrogen-bond donors (Lipinski definition) is 1. The first-order valence-corrected chi connectivity index (χ1v) is 2.74. The van der Waals surface area contributed by atoms with Crippen LogP contribution in [-0.4, -0.2) is 5.91 Å². The Morgan fingerprint density at radius 3 is 2.11 bits per heavy atom. The Bertz CT molecular complexity index is 147. The van der Waals surface area contributed by atoms with Gasteiger partial charge in [-0.3, -0.25) is 10.1 Å². The average molecular weight is 125 g/mol. The van der Waals surface area contributed by atoms with E-state index in [1.54, 1.807) is 20.8 Å². The van der Waals surface area contributed by atoms with E-state index in [-0.39, 0.29) is 11.3 Å². The van der Waals surface area contributed by atoms with Crippen molar-refractivity contribution in [3.8, 4) is 12.5 Å². The van der Waals surface area contributed by atoms with Gasteiger partial charge in [0.25, 0.3) is 0 Å². The van der Waals surface area contributed by atoms with Crippen molar-refractivity contribution in [2.45, 2.75) is 20.8 Å². The Morgan fingerprint density at radius 1 is 1.56 bits per heavy atom.